The van der Waals surface area contributed by atoms with E-state index in [1.807, 2.05) is 31.3 Å². The Morgan fingerprint density at radius 1 is 1.43 bits per heavy atom. The summed E-state index contributed by atoms with van der Waals surface area (Å²) < 4.78 is 5.44. The lowest BCUT2D eigenvalue weighted by molar-refractivity contribution is -0.0262. The first-order valence-corrected chi connectivity index (χ1v) is 7.31. The van der Waals surface area contributed by atoms with E-state index in [9.17, 15) is 5.11 Å². The minimum atomic E-state index is -0.767. The standard InChI is InChI=1S/C16H21N3O2/c1-12-16(20,7-8-21-12)11-17-9-14-10-18-19-15(14)13-5-3-2-4-6-13/h2-6,10,12,17,20H,7-9,11H2,1H3,(H,18,19). The van der Waals surface area contributed by atoms with Crippen LogP contribution in [-0.4, -0.2) is 40.2 Å². The van der Waals surface area contributed by atoms with E-state index in [0.29, 0.717) is 26.1 Å². The molecule has 1 saturated heterocycles. The molecule has 0 radical (unpaired) electrons. The molecule has 1 aliphatic heterocycles. The Kier molecular flexibility index (Phi) is 4.05. The predicted octanol–water partition coefficient (Wildman–Crippen LogP) is 1.71. The summed E-state index contributed by atoms with van der Waals surface area (Å²) in [5.41, 5.74) is 2.46. The van der Waals surface area contributed by atoms with Gasteiger partial charge in [-0.2, -0.15) is 5.10 Å². The average Bonchev–Trinajstić information content (AvgIpc) is 3.08. The van der Waals surface area contributed by atoms with Crippen LogP contribution in [0.15, 0.2) is 36.5 Å². The zero-order valence-electron chi connectivity index (χ0n) is 12.2. The van der Waals surface area contributed by atoms with Gasteiger partial charge in [-0.1, -0.05) is 30.3 Å². The van der Waals surface area contributed by atoms with Crippen LogP contribution in [0.25, 0.3) is 11.3 Å². The van der Waals surface area contributed by atoms with Crippen LogP contribution in [0, 0.1) is 0 Å². The number of nitrogens with one attached hydrogen (secondary N) is 2. The highest BCUT2D eigenvalue weighted by Gasteiger charge is 2.38. The fourth-order valence-corrected chi connectivity index (χ4v) is 2.72. The molecule has 0 bridgehead atoms. The first kappa shape index (κ1) is 14.3. The molecule has 1 aromatic heterocycles. The summed E-state index contributed by atoms with van der Waals surface area (Å²) in [7, 11) is 0. The summed E-state index contributed by atoms with van der Waals surface area (Å²) in [4.78, 5) is 0. The number of H-pyrrole nitrogens is 1. The molecule has 2 atom stereocenters. The molecule has 112 valence electrons. The lowest BCUT2D eigenvalue weighted by atomic mass is 9.96. The second-order valence-electron chi connectivity index (χ2n) is 5.61. The number of hydrogen-bond acceptors (Lipinski definition) is 4. The molecular formula is C16H21N3O2. The van der Waals surface area contributed by atoms with Crippen LogP contribution in [0.5, 0.6) is 0 Å². The maximum absolute atomic E-state index is 10.5. The Balaban J connectivity index is 1.63. The first-order valence-electron chi connectivity index (χ1n) is 7.31. The van der Waals surface area contributed by atoms with E-state index < -0.39 is 5.60 Å². The summed E-state index contributed by atoms with van der Waals surface area (Å²) in [6.07, 6.45) is 2.38. The molecule has 0 saturated carbocycles. The molecule has 1 fully saturated rings. The van der Waals surface area contributed by atoms with Gasteiger partial charge in [0.2, 0.25) is 0 Å². The van der Waals surface area contributed by atoms with Crippen LogP contribution in [0.3, 0.4) is 0 Å². The predicted molar refractivity (Wildman–Crippen MR) is 80.7 cm³/mol. The van der Waals surface area contributed by atoms with Gasteiger partial charge in [0, 0.05) is 31.7 Å². The molecular weight excluding hydrogens is 266 g/mol. The van der Waals surface area contributed by atoms with E-state index >= 15 is 0 Å². The number of hydrogen-bond donors (Lipinski definition) is 3. The quantitative estimate of drug-likeness (QED) is 0.783. The third kappa shape index (κ3) is 3.00. The fraction of sp³-hybridized carbons (Fsp3) is 0.438. The van der Waals surface area contributed by atoms with Crippen molar-refractivity contribution in [2.45, 2.75) is 31.6 Å². The smallest absolute Gasteiger partial charge is 0.105 e. The van der Waals surface area contributed by atoms with Crippen molar-refractivity contribution in [1.82, 2.24) is 15.5 Å². The number of rotatable bonds is 5. The van der Waals surface area contributed by atoms with Gasteiger partial charge in [-0.25, -0.2) is 0 Å². The summed E-state index contributed by atoms with van der Waals surface area (Å²) in [6.45, 7) is 3.73. The SMILES string of the molecule is CC1OCCC1(O)CNCc1cn[nH]c1-c1ccccc1. The first-order chi connectivity index (χ1) is 10.2. The summed E-state index contributed by atoms with van der Waals surface area (Å²) >= 11 is 0. The van der Waals surface area contributed by atoms with Crippen molar-refractivity contribution < 1.29 is 9.84 Å². The number of benzene rings is 1. The molecule has 1 aromatic carbocycles. The Labute approximate surface area is 124 Å². The van der Waals surface area contributed by atoms with Crippen LogP contribution >= 0.6 is 0 Å². The van der Waals surface area contributed by atoms with E-state index in [1.165, 1.54) is 0 Å². The molecule has 1 aliphatic rings. The largest absolute Gasteiger partial charge is 0.386 e. The maximum atomic E-state index is 10.5. The van der Waals surface area contributed by atoms with E-state index in [-0.39, 0.29) is 6.10 Å². The molecule has 0 spiro atoms. The van der Waals surface area contributed by atoms with Crippen molar-refractivity contribution in [2.24, 2.45) is 0 Å². The molecule has 5 nitrogen and oxygen atoms in total. The number of aliphatic hydroxyl groups is 1. The Hall–Kier alpha value is -1.69. The molecule has 3 rings (SSSR count). The topological polar surface area (TPSA) is 70.2 Å². The Morgan fingerprint density at radius 3 is 2.95 bits per heavy atom. The summed E-state index contributed by atoms with van der Waals surface area (Å²) in [5, 5.41) is 21.0. The van der Waals surface area contributed by atoms with Gasteiger partial charge in [-0.05, 0) is 12.5 Å². The second-order valence-corrected chi connectivity index (χ2v) is 5.61. The molecule has 0 aliphatic carbocycles. The van der Waals surface area contributed by atoms with Gasteiger partial charge >= 0.3 is 0 Å². The fourth-order valence-electron chi connectivity index (χ4n) is 2.72. The van der Waals surface area contributed by atoms with Gasteiger partial charge in [0.1, 0.15) is 5.60 Å². The van der Waals surface area contributed by atoms with E-state index in [0.717, 1.165) is 16.8 Å². The highest BCUT2D eigenvalue weighted by Crippen LogP contribution is 2.25. The molecule has 2 aromatic rings. The van der Waals surface area contributed by atoms with Gasteiger partial charge in [-0.15, -0.1) is 0 Å². The number of ether oxygens (including phenoxy) is 1. The third-order valence-corrected chi connectivity index (χ3v) is 4.19. The van der Waals surface area contributed by atoms with E-state index in [2.05, 4.69) is 27.6 Å². The molecule has 21 heavy (non-hydrogen) atoms. The van der Waals surface area contributed by atoms with Gasteiger partial charge in [0.05, 0.1) is 18.0 Å². The molecule has 2 heterocycles. The monoisotopic (exact) mass is 287 g/mol. The van der Waals surface area contributed by atoms with E-state index in [4.69, 9.17) is 4.74 Å². The van der Waals surface area contributed by atoms with E-state index in [1.54, 1.807) is 0 Å². The highest BCUT2D eigenvalue weighted by molar-refractivity contribution is 5.62. The van der Waals surface area contributed by atoms with Crippen molar-refractivity contribution in [3.63, 3.8) is 0 Å². The van der Waals surface area contributed by atoms with Gasteiger partial charge in [-0.3, -0.25) is 5.10 Å². The molecule has 0 amide bonds. The number of nitrogens with zero attached hydrogens (tertiary/aromatic N) is 1. The minimum Gasteiger partial charge on any atom is -0.386 e. The van der Waals surface area contributed by atoms with Gasteiger partial charge in [0.25, 0.3) is 0 Å². The average molecular weight is 287 g/mol. The Morgan fingerprint density at radius 2 is 2.24 bits per heavy atom. The zero-order valence-corrected chi connectivity index (χ0v) is 12.2. The lowest BCUT2D eigenvalue weighted by Gasteiger charge is -2.26. The zero-order chi connectivity index (χ0) is 14.7. The normalized spacial score (nSPS) is 25.3. The maximum Gasteiger partial charge on any atom is 0.105 e. The minimum absolute atomic E-state index is 0.122. The van der Waals surface area contributed by atoms with Crippen molar-refractivity contribution in [3.05, 3.63) is 42.1 Å². The van der Waals surface area contributed by atoms with Crippen molar-refractivity contribution >= 4 is 0 Å². The number of aromatic amines is 1. The molecule has 5 heteroatoms. The summed E-state index contributed by atoms with van der Waals surface area (Å²) in [6, 6.07) is 10.1. The van der Waals surface area contributed by atoms with Crippen LogP contribution in [0.1, 0.15) is 18.9 Å². The second kappa shape index (κ2) is 5.97. The van der Waals surface area contributed by atoms with Gasteiger partial charge < -0.3 is 15.2 Å². The Bertz CT molecular complexity index is 584. The van der Waals surface area contributed by atoms with Crippen LogP contribution in [-0.2, 0) is 11.3 Å². The van der Waals surface area contributed by atoms with Gasteiger partial charge in [0.15, 0.2) is 0 Å². The van der Waals surface area contributed by atoms with Crippen LogP contribution in [0.4, 0.5) is 0 Å². The van der Waals surface area contributed by atoms with Crippen molar-refractivity contribution in [3.8, 4) is 11.3 Å². The summed E-state index contributed by atoms with van der Waals surface area (Å²) in [5.74, 6) is 0. The highest BCUT2D eigenvalue weighted by atomic mass is 16.5. The van der Waals surface area contributed by atoms with Crippen LogP contribution in [0.2, 0.25) is 0 Å². The van der Waals surface area contributed by atoms with Crippen molar-refractivity contribution in [1.29, 1.82) is 0 Å². The molecule has 2 unspecified atom stereocenters. The van der Waals surface area contributed by atoms with Crippen molar-refractivity contribution in [2.75, 3.05) is 13.2 Å². The third-order valence-electron chi connectivity index (χ3n) is 4.19. The lowest BCUT2D eigenvalue weighted by Crippen LogP contribution is -2.45. The van der Waals surface area contributed by atoms with Crippen LogP contribution < -0.4 is 5.32 Å². The molecule has 3 N–H and O–H groups in total. The number of aromatic nitrogens is 2.